The van der Waals surface area contributed by atoms with Gasteiger partial charge in [-0.2, -0.15) is 0 Å². The van der Waals surface area contributed by atoms with Crippen LogP contribution in [0.15, 0.2) is 59.9 Å². The van der Waals surface area contributed by atoms with Gasteiger partial charge in [-0.3, -0.25) is 0 Å². The number of benzene rings is 2. The Labute approximate surface area is 164 Å². The Bertz CT molecular complexity index is 1050. The highest BCUT2D eigenvalue weighted by atomic mass is 35.5. The van der Waals surface area contributed by atoms with Gasteiger partial charge in [-0.15, -0.1) is 5.10 Å². The molecular formula is C18H13Cl2N5S. The molecule has 8 heteroatoms. The molecule has 26 heavy (non-hydrogen) atoms. The molecule has 2 heterocycles. The van der Waals surface area contributed by atoms with Gasteiger partial charge >= 0.3 is 0 Å². The summed E-state index contributed by atoms with van der Waals surface area (Å²) in [5, 5.41) is 10.4. The minimum atomic E-state index is 0.548. The van der Waals surface area contributed by atoms with Crippen LogP contribution in [0, 0.1) is 0 Å². The molecule has 0 saturated heterocycles. The lowest BCUT2D eigenvalue weighted by atomic mass is 10.2. The molecule has 0 radical (unpaired) electrons. The van der Waals surface area contributed by atoms with E-state index in [1.54, 1.807) is 28.8 Å². The van der Waals surface area contributed by atoms with Crippen molar-refractivity contribution in [1.29, 1.82) is 0 Å². The van der Waals surface area contributed by atoms with E-state index in [9.17, 15) is 0 Å². The standard InChI is InChI=1S/C18H13Cl2N5S/c19-14-7-6-13(8-15(14)20)10-26-18-16-17(21-11-22-18)25(24-23-16)9-12-4-2-1-3-5-12/h1-8,11H,9-10H2. The van der Waals surface area contributed by atoms with Crippen LogP contribution in [0.1, 0.15) is 11.1 Å². The van der Waals surface area contributed by atoms with E-state index in [0.29, 0.717) is 27.9 Å². The Morgan fingerprint density at radius 2 is 1.77 bits per heavy atom. The third kappa shape index (κ3) is 3.67. The van der Waals surface area contributed by atoms with Crippen LogP contribution in [-0.2, 0) is 12.3 Å². The summed E-state index contributed by atoms with van der Waals surface area (Å²) < 4.78 is 1.79. The average molecular weight is 402 g/mol. The third-order valence-corrected chi connectivity index (χ3v) is 5.59. The Hall–Kier alpha value is -2.15. The molecule has 0 saturated carbocycles. The van der Waals surface area contributed by atoms with E-state index >= 15 is 0 Å². The van der Waals surface area contributed by atoms with Crippen molar-refractivity contribution in [1.82, 2.24) is 25.0 Å². The summed E-state index contributed by atoms with van der Waals surface area (Å²) in [6, 6.07) is 15.7. The second kappa shape index (κ2) is 7.61. The van der Waals surface area contributed by atoms with E-state index in [1.807, 2.05) is 30.3 Å². The zero-order valence-electron chi connectivity index (χ0n) is 13.5. The Morgan fingerprint density at radius 1 is 0.923 bits per heavy atom. The number of nitrogens with zero attached hydrogens (tertiary/aromatic N) is 5. The number of hydrogen-bond acceptors (Lipinski definition) is 5. The fraction of sp³-hybridized carbons (Fsp3) is 0.111. The highest BCUT2D eigenvalue weighted by Gasteiger charge is 2.13. The van der Waals surface area contributed by atoms with Gasteiger partial charge in [0.05, 0.1) is 16.6 Å². The molecule has 0 aliphatic carbocycles. The van der Waals surface area contributed by atoms with Gasteiger partial charge in [0.1, 0.15) is 11.4 Å². The van der Waals surface area contributed by atoms with Gasteiger partial charge in [-0.1, -0.05) is 76.6 Å². The number of fused-ring (bicyclic) bond motifs is 1. The Kier molecular flexibility index (Phi) is 5.06. The number of hydrogen-bond donors (Lipinski definition) is 0. The maximum absolute atomic E-state index is 6.08. The number of halogens is 2. The lowest BCUT2D eigenvalue weighted by Gasteiger charge is -2.04. The molecule has 0 N–H and O–H groups in total. The molecule has 130 valence electrons. The zero-order chi connectivity index (χ0) is 17.9. The molecule has 5 nitrogen and oxygen atoms in total. The summed E-state index contributed by atoms with van der Waals surface area (Å²) in [6.07, 6.45) is 1.55. The topological polar surface area (TPSA) is 56.5 Å². The summed E-state index contributed by atoms with van der Waals surface area (Å²) in [5.74, 6) is 0.703. The number of aromatic nitrogens is 5. The van der Waals surface area contributed by atoms with E-state index in [0.717, 1.165) is 21.8 Å². The van der Waals surface area contributed by atoms with Crippen molar-refractivity contribution >= 4 is 46.1 Å². The van der Waals surface area contributed by atoms with E-state index < -0.39 is 0 Å². The van der Waals surface area contributed by atoms with Gasteiger partial charge < -0.3 is 0 Å². The molecule has 0 fully saturated rings. The Morgan fingerprint density at radius 3 is 2.58 bits per heavy atom. The second-order valence-electron chi connectivity index (χ2n) is 5.62. The maximum Gasteiger partial charge on any atom is 0.183 e. The number of rotatable bonds is 5. The van der Waals surface area contributed by atoms with Gasteiger partial charge in [0.25, 0.3) is 0 Å². The first-order valence-electron chi connectivity index (χ1n) is 7.85. The molecule has 4 rings (SSSR count). The second-order valence-corrected chi connectivity index (χ2v) is 7.40. The number of thioether (sulfide) groups is 1. The van der Waals surface area contributed by atoms with Gasteiger partial charge in [0.2, 0.25) is 0 Å². The molecule has 0 spiro atoms. The monoisotopic (exact) mass is 401 g/mol. The molecule has 0 aliphatic rings. The summed E-state index contributed by atoms with van der Waals surface area (Å²) in [7, 11) is 0. The molecule has 0 unspecified atom stereocenters. The van der Waals surface area contributed by atoms with Crippen LogP contribution in [0.2, 0.25) is 10.0 Å². The lowest BCUT2D eigenvalue weighted by Crippen LogP contribution is -2.02. The zero-order valence-corrected chi connectivity index (χ0v) is 15.8. The van der Waals surface area contributed by atoms with E-state index in [-0.39, 0.29) is 0 Å². The summed E-state index contributed by atoms with van der Waals surface area (Å²) >= 11 is 13.6. The third-order valence-electron chi connectivity index (χ3n) is 3.80. The fourth-order valence-corrected chi connectivity index (χ4v) is 3.72. The summed E-state index contributed by atoms with van der Waals surface area (Å²) in [5.41, 5.74) is 3.63. The van der Waals surface area contributed by atoms with Crippen LogP contribution in [0.3, 0.4) is 0 Å². The first kappa shape index (κ1) is 17.3. The highest BCUT2D eigenvalue weighted by molar-refractivity contribution is 7.98. The first-order valence-corrected chi connectivity index (χ1v) is 9.60. The van der Waals surface area contributed by atoms with Crippen molar-refractivity contribution in [2.24, 2.45) is 0 Å². The van der Waals surface area contributed by atoms with Gasteiger partial charge in [-0.25, -0.2) is 14.6 Å². The predicted molar refractivity (Wildman–Crippen MR) is 105 cm³/mol. The quantitative estimate of drug-likeness (QED) is 0.352. The first-order chi connectivity index (χ1) is 12.7. The van der Waals surface area contributed by atoms with Crippen molar-refractivity contribution in [3.63, 3.8) is 0 Å². The Balaban J connectivity index is 1.57. The van der Waals surface area contributed by atoms with E-state index in [2.05, 4.69) is 32.4 Å². The van der Waals surface area contributed by atoms with Gasteiger partial charge in [0.15, 0.2) is 11.2 Å². The van der Waals surface area contributed by atoms with Crippen molar-refractivity contribution in [2.45, 2.75) is 17.3 Å². The van der Waals surface area contributed by atoms with Crippen molar-refractivity contribution in [3.05, 3.63) is 76.0 Å². The average Bonchev–Trinajstić information content (AvgIpc) is 3.07. The molecule has 2 aromatic carbocycles. The van der Waals surface area contributed by atoms with E-state index in [1.165, 1.54) is 0 Å². The minimum absolute atomic E-state index is 0.548. The normalized spacial score (nSPS) is 11.2. The van der Waals surface area contributed by atoms with Gasteiger partial charge in [-0.05, 0) is 23.3 Å². The molecule has 4 aromatic rings. The molecule has 0 amide bonds. The van der Waals surface area contributed by atoms with Gasteiger partial charge in [0, 0.05) is 5.75 Å². The molecule has 2 aromatic heterocycles. The van der Waals surface area contributed by atoms with Crippen LogP contribution < -0.4 is 0 Å². The SMILES string of the molecule is Clc1ccc(CSc2ncnc3c2nnn3Cc2ccccc2)cc1Cl. The summed E-state index contributed by atoms with van der Waals surface area (Å²) in [4.78, 5) is 8.71. The molecular weight excluding hydrogens is 389 g/mol. The van der Waals surface area contributed by atoms with Crippen LogP contribution in [0.25, 0.3) is 11.2 Å². The minimum Gasteiger partial charge on any atom is -0.227 e. The van der Waals surface area contributed by atoms with Crippen LogP contribution in [0.5, 0.6) is 0 Å². The van der Waals surface area contributed by atoms with Crippen molar-refractivity contribution in [2.75, 3.05) is 0 Å². The smallest absolute Gasteiger partial charge is 0.183 e. The maximum atomic E-state index is 6.08. The fourth-order valence-electron chi connectivity index (χ4n) is 2.52. The van der Waals surface area contributed by atoms with Crippen LogP contribution in [0.4, 0.5) is 0 Å². The molecule has 0 bridgehead atoms. The lowest BCUT2D eigenvalue weighted by molar-refractivity contribution is 0.664. The molecule has 0 atom stereocenters. The van der Waals surface area contributed by atoms with E-state index in [4.69, 9.17) is 23.2 Å². The largest absolute Gasteiger partial charge is 0.227 e. The molecule has 0 aliphatic heterocycles. The van der Waals surface area contributed by atoms with Crippen LogP contribution in [-0.4, -0.2) is 25.0 Å². The predicted octanol–water partition coefficient (Wildman–Crippen LogP) is 4.87. The summed E-state index contributed by atoms with van der Waals surface area (Å²) in [6.45, 7) is 0.616. The van der Waals surface area contributed by atoms with Crippen molar-refractivity contribution < 1.29 is 0 Å². The highest BCUT2D eigenvalue weighted by Crippen LogP contribution is 2.29. The van der Waals surface area contributed by atoms with Crippen molar-refractivity contribution in [3.8, 4) is 0 Å². The van der Waals surface area contributed by atoms with Crippen LogP contribution >= 0.6 is 35.0 Å².